The van der Waals surface area contributed by atoms with Gasteiger partial charge < -0.3 is 10.5 Å². The van der Waals surface area contributed by atoms with E-state index in [1.54, 1.807) is 7.11 Å². The maximum absolute atomic E-state index is 5.64. The molecule has 0 aliphatic heterocycles. The Morgan fingerprint density at radius 2 is 1.94 bits per heavy atom. The van der Waals surface area contributed by atoms with Crippen LogP contribution in [0.3, 0.4) is 0 Å². The van der Waals surface area contributed by atoms with Crippen molar-refractivity contribution >= 4 is 0 Å². The Balaban J connectivity index is 2.57. The quantitative estimate of drug-likeness (QED) is 0.898. The fourth-order valence-corrected chi connectivity index (χ4v) is 1.84. The number of aryl methyl sites for hydroxylation is 2. The normalized spacial score (nSPS) is 10.4. The molecule has 0 unspecified atom stereocenters. The van der Waals surface area contributed by atoms with Gasteiger partial charge in [-0.15, -0.1) is 0 Å². The molecule has 4 nitrogen and oxygen atoms in total. The molecule has 0 fully saturated rings. The summed E-state index contributed by atoms with van der Waals surface area (Å²) in [5, 5.41) is 0. The number of rotatable bonds is 3. The first kappa shape index (κ1) is 12.5. The van der Waals surface area contributed by atoms with Crippen LogP contribution in [0.1, 0.15) is 17.0 Å². The van der Waals surface area contributed by atoms with Crippen LogP contribution in [0.2, 0.25) is 0 Å². The average molecular weight is 243 g/mol. The largest absolute Gasteiger partial charge is 0.496 e. The first-order valence-corrected chi connectivity index (χ1v) is 5.83. The Hall–Kier alpha value is -1.94. The van der Waals surface area contributed by atoms with Crippen LogP contribution in [0.25, 0.3) is 11.4 Å². The molecule has 0 saturated carbocycles. The van der Waals surface area contributed by atoms with Crippen LogP contribution in [0, 0.1) is 13.8 Å². The van der Waals surface area contributed by atoms with E-state index in [2.05, 4.69) is 9.97 Å². The topological polar surface area (TPSA) is 61.0 Å². The number of methoxy groups -OCH3 is 1. The second-order valence-electron chi connectivity index (χ2n) is 4.23. The van der Waals surface area contributed by atoms with Gasteiger partial charge in [0.15, 0.2) is 5.82 Å². The summed E-state index contributed by atoms with van der Waals surface area (Å²) < 4.78 is 5.38. The van der Waals surface area contributed by atoms with Crippen LogP contribution in [0.15, 0.2) is 24.3 Å². The van der Waals surface area contributed by atoms with Crippen molar-refractivity contribution in [2.75, 3.05) is 7.11 Å². The number of nitrogens with zero attached hydrogens (tertiary/aromatic N) is 2. The van der Waals surface area contributed by atoms with Crippen molar-refractivity contribution < 1.29 is 4.74 Å². The molecule has 0 spiro atoms. The van der Waals surface area contributed by atoms with Gasteiger partial charge in [-0.1, -0.05) is 6.07 Å². The van der Waals surface area contributed by atoms with Gasteiger partial charge in [-0.25, -0.2) is 9.97 Å². The highest BCUT2D eigenvalue weighted by atomic mass is 16.5. The molecule has 0 aliphatic carbocycles. The molecule has 1 aromatic carbocycles. The number of ether oxygens (including phenoxy) is 1. The van der Waals surface area contributed by atoms with Gasteiger partial charge in [0.05, 0.1) is 18.4 Å². The SMILES string of the molecule is COc1cc(C)ccc1-c1nc(C)cc(CN)n1. The second kappa shape index (κ2) is 5.14. The molecule has 94 valence electrons. The minimum Gasteiger partial charge on any atom is -0.496 e. The summed E-state index contributed by atoms with van der Waals surface area (Å²) in [4.78, 5) is 8.89. The molecule has 1 heterocycles. The molecule has 1 aromatic heterocycles. The molecule has 0 saturated heterocycles. The molecular weight excluding hydrogens is 226 g/mol. The first-order valence-electron chi connectivity index (χ1n) is 5.83. The zero-order valence-electron chi connectivity index (χ0n) is 10.9. The number of aromatic nitrogens is 2. The van der Waals surface area contributed by atoms with Gasteiger partial charge in [0.1, 0.15) is 5.75 Å². The third-order valence-corrected chi connectivity index (χ3v) is 2.71. The van der Waals surface area contributed by atoms with E-state index in [1.165, 1.54) is 0 Å². The lowest BCUT2D eigenvalue weighted by Gasteiger charge is -2.10. The third kappa shape index (κ3) is 2.49. The van der Waals surface area contributed by atoms with E-state index in [0.29, 0.717) is 12.4 Å². The van der Waals surface area contributed by atoms with Crippen LogP contribution in [-0.2, 0) is 6.54 Å². The Bertz CT molecular complexity index is 567. The van der Waals surface area contributed by atoms with E-state index in [0.717, 1.165) is 28.3 Å². The number of hydrogen-bond acceptors (Lipinski definition) is 4. The fourth-order valence-electron chi connectivity index (χ4n) is 1.84. The Kier molecular flexibility index (Phi) is 3.58. The van der Waals surface area contributed by atoms with Crippen molar-refractivity contribution in [2.45, 2.75) is 20.4 Å². The maximum Gasteiger partial charge on any atom is 0.163 e. The lowest BCUT2D eigenvalue weighted by Crippen LogP contribution is -2.04. The van der Waals surface area contributed by atoms with Crippen molar-refractivity contribution in [1.29, 1.82) is 0 Å². The minimum absolute atomic E-state index is 0.407. The molecule has 2 aromatic rings. The van der Waals surface area contributed by atoms with Gasteiger partial charge in [-0.2, -0.15) is 0 Å². The van der Waals surface area contributed by atoms with E-state index < -0.39 is 0 Å². The van der Waals surface area contributed by atoms with Gasteiger partial charge >= 0.3 is 0 Å². The van der Waals surface area contributed by atoms with E-state index in [4.69, 9.17) is 10.5 Å². The molecule has 0 bridgehead atoms. The molecule has 18 heavy (non-hydrogen) atoms. The smallest absolute Gasteiger partial charge is 0.163 e. The maximum atomic E-state index is 5.64. The summed E-state index contributed by atoms with van der Waals surface area (Å²) in [5.74, 6) is 1.44. The monoisotopic (exact) mass is 243 g/mol. The highest BCUT2D eigenvalue weighted by Gasteiger charge is 2.10. The molecule has 0 amide bonds. The number of hydrogen-bond donors (Lipinski definition) is 1. The standard InChI is InChI=1S/C14H17N3O/c1-9-4-5-12(13(6-9)18-3)14-16-10(2)7-11(8-15)17-14/h4-7H,8,15H2,1-3H3. The molecule has 2 N–H and O–H groups in total. The molecule has 0 radical (unpaired) electrons. The predicted molar refractivity (Wildman–Crippen MR) is 71.4 cm³/mol. The second-order valence-corrected chi connectivity index (χ2v) is 4.23. The number of nitrogens with two attached hydrogens (primary N) is 1. The molecule has 2 rings (SSSR count). The molecule has 4 heteroatoms. The predicted octanol–water partition coefficient (Wildman–Crippen LogP) is 2.23. The van der Waals surface area contributed by atoms with Gasteiger partial charge in [-0.05, 0) is 37.6 Å². The van der Waals surface area contributed by atoms with Crippen LogP contribution >= 0.6 is 0 Å². The fraction of sp³-hybridized carbons (Fsp3) is 0.286. The van der Waals surface area contributed by atoms with Crippen LogP contribution < -0.4 is 10.5 Å². The zero-order chi connectivity index (χ0) is 13.1. The Morgan fingerprint density at radius 3 is 2.61 bits per heavy atom. The average Bonchev–Trinajstić information content (AvgIpc) is 2.37. The van der Waals surface area contributed by atoms with E-state index in [9.17, 15) is 0 Å². The van der Waals surface area contributed by atoms with Crippen molar-refractivity contribution in [3.05, 3.63) is 41.2 Å². The summed E-state index contributed by atoms with van der Waals surface area (Å²) >= 11 is 0. The molecule has 0 aliphatic rings. The van der Waals surface area contributed by atoms with Gasteiger partial charge in [0, 0.05) is 12.2 Å². The van der Waals surface area contributed by atoms with Gasteiger partial charge in [0.2, 0.25) is 0 Å². The van der Waals surface area contributed by atoms with Gasteiger partial charge in [0.25, 0.3) is 0 Å². The summed E-state index contributed by atoms with van der Waals surface area (Å²) in [6.07, 6.45) is 0. The van der Waals surface area contributed by atoms with Crippen molar-refractivity contribution in [1.82, 2.24) is 9.97 Å². The highest BCUT2D eigenvalue weighted by molar-refractivity contribution is 5.65. The molecular formula is C14H17N3O. The van der Waals surface area contributed by atoms with Crippen molar-refractivity contribution in [3.63, 3.8) is 0 Å². The number of benzene rings is 1. The summed E-state index contributed by atoms with van der Waals surface area (Å²) in [6.45, 7) is 4.37. The third-order valence-electron chi connectivity index (χ3n) is 2.71. The lowest BCUT2D eigenvalue weighted by atomic mass is 10.1. The van der Waals surface area contributed by atoms with E-state index in [-0.39, 0.29) is 0 Å². The van der Waals surface area contributed by atoms with Crippen molar-refractivity contribution in [3.8, 4) is 17.1 Å². The zero-order valence-corrected chi connectivity index (χ0v) is 10.9. The van der Waals surface area contributed by atoms with Crippen molar-refractivity contribution in [2.24, 2.45) is 5.73 Å². The Morgan fingerprint density at radius 1 is 1.17 bits per heavy atom. The summed E-state index contributed by atoms with van der Waals surface area (Å²) in [6, 6.07) is 7.86. The summed E-state index contributed by atoms with van der Waals surface area (Å²) in [7, 11) is 1.65. The van der Waals surface area contributed by atoms with E-state index in [1.807, 2.05) is 38.1 Å². The summed E-state index contributed by atoms with van der Waals surface area (Å²) in [5.41, 5.74) is 9.41. The minimum atomic E-state index is 0.407. The van der Waals surface area contributed by atoms with Crippen LogP contribution in [0.5, 0.6) is 5.75 Å². The van der Waals surface area contributed by atoms with Crippen LogP contribution in [0.4, 0.5) is 0 Å². The van der Waals surface area contributed by atoms with E-state index >= 15 is 0 Å². The highest BCUT2D eigenvalue weighted by Crippen LogP contribution is 2.28. The first-order chi connectivity index (χ1) is 8.63. The van der Waals surface area contributed by atoms with Crippen LogP contribution in [-0.4, -0.2) is 17.1 Å². The Labute approximate surface area is 107 Å². The van der Waals surface area contributed by atoms with Gasteiger partial charge in [-0.3, -0.25) is 0 Å². The lowest BCUT2D eigenvalue weighted by molar-refractivity contribution is 0.416. The molecule has 0 atom stereocenters.